The van der Waals surface area contributed by atoms with Crippen LogP contribution in [0.5, 0.6) is 5.88 Å². The number of pyridine rings is 1. The SMILES string of the molecule is CCCOc1nc(NCCNC(=O)C2CC2)ccc1N. The van der Waals surface area contributed by atoms with Crippen LogP contribution >= 0.6 is 0 Å². The number of carbonyl (C=O) groups is 1. The lowest BCUT2D eigenvalue weighted by Gasteiger charge is -2.10. The Kier molecular flexibility index (Phi) is 5.03. The zero-order valence-electron chi connectivity index (χ0n) is 11.8. The number of amides is 1. The van der Waals surface area contributed by atoms with Crippen LogP contribution in [0.1, 0.15) is 26.2 Å². The Morgan fingerprint density at radius 3 is 2.95 bits per heavy atom. The van der Waals surface area contributed by atoms with Gasteiger partial charge in [-0.05, 0) is 31.4 Å². The molecule has 20 heavy (non-hydrogen) atoms. The van der Waals surface area contributed by atoms with Gasteiger partial charge in [-0.15, -0.1) is 0 Å². The Morgan fingerprint density at radius 2 is 2.25 bits per heavy atom. The summed E-state index contributed by atoms with van der Waals surface area (Å²) in [5, 5.41) is 6.03. The number of ether oxygens (including phenoxy) is 1. The third kappa shape index (κ3) is 4.29. The Morgan fingerprint density at radius 1 is 1.45 bits per heavy atom. The lowest BCUT2D eigenvalue weighted by molar-refractivity contribution is -0.122. The number of nitrogens with two attached hydrogens (primary N) is 1. The first-order valence-corrected chi connectivity index (χ1v) is 7.11. The summed E-state index contributed by atoms with van der Waals surface area (Å²) >= 11 is 0. The largest absolute Gasteiger partial charge is 0.476 e. The molecule has 1 aromatic heterocycles. The van der Waals surface area contributed by atoms with Crippen molar-refractivity contribution in [3.8, 4) is 5.88 Å². The van der Waals surface area contributed by atoms with Crippen molar-refractivity contribution in [2.75, 3.05) is 30.7 Å². The highest BCUT2D eigenvalue weighted by Gasteiger charge is 2.28. The number of rotatable bonds is 8. The van der Waals surface area contributed by atoms with E-state index in [2.05, 4.69) is 15.6 Å². The van der Waals surface area contributed by atoms with Gasteiger partial charge in [0.1, 0.15) is 5.82 Å². The van der Waals surface area contributed by atoms with Gasteiger partial charge in [-0.3, -0.25) is 4.79 Å². The van der Waals surface area contributed by atoms with Crippen LogP contribution in [0.15, 0.2) is 12.1 Å². The van der Waals surface area contributed by atoms with E-state index < -0.39 is 0 Å². The average Bonchev–Trinajstić information content (AvgIpc) is 3.28. The minimum atomic E-state index is 0.157. The van der Waals surface area contributed by atoms with Gasteiger partial charge in [-0.1, -0.05) is 6.92 Å². The first-order chi connectivity index (χ1) is 9.70. The maximum atomic E-state index is 11.4. The molecular formula is C14H22N4O2. The molecule has 0 aliphatic heterocycles. The Hall–Kier alpha value is -1.98. The van der Waals surface area contributed by atoms with Crippen LogP contribution in [-0.2, 0) is 4.79 Å². The van der Waals surface area contributed by atoms with Crippen LogP contribution in [0.4, 0.5) is 11.5 Å². The maximum absolute atomic E-state index is 11.4. The van der Waals surface area contributed by atoms with E-state index in [1.54, 1.807) is 12.1 Å². The second-order valence-corrected chi connectivity index (χ2v) is 4.93. The van der Waals surface area contributed by atoms with Crippen LogP contribution in [0.25, 0.3) is 0 Å². The molecule has 2 rings (SSSR count). The van der Waals surface area contributed by atoms with E-state index >= 15 is 0 Å². The molecule has 1 heterocycles. The van der Waals surface area contributed by atoms with Gasteiger partial charge in [0.2, 0.25) is 11.8 Å². The van der Waals surface area contributed by atoms with E-state index in [0.717, 1.165) is 19.3 Å². The van der Waals surface area contributed by atoms with Crippen LogP contribution < -0.4 is 21.1 Å². The second kappa shape index (κ2) is 6.98. The van der Waals surface area contributed by atoms with Crippen LogP contribution in [0.2, 0.25) is 0 Å². The standard InChI is InChI=1S/C14H22N4O2/c1-2-9-20-14-11(15)5-6-12(18-14)16-7-8-17-13(19)10-3-4-10/h5-6,10H,2-4,7-9,15H2,1H3,(H,16,18)(H,17,19). The molecule has 0 saturated heterocycles. The van der Waals surface area contributed by atoms with Gasteiger partial charge in [-0.25, -0.2) is 0 Å². The van der Waals surface area contributed by atoms with E-state index in [1.807, 2.05) is 6.92 Å². The van der Waals surface area contributed by atoms with Crippen molar-refractivity contribution in [2.45, 2.75) is 26.2 Å². The van der Waals surface area contributed by atoms with Gasteiger partial charge in [0.05, 0.1) is 12.3 Å². The molecule has 0 bridgehead atoms. The zero-order valence-corrected chi connectivity index (χ0v) is 11.8. The molecule has 0 unspecified atom stereocenters. The highest BCUT2D eigenvalue weighted by molar-refractivity contribution is 5.80. The van der Waals surface area contributed by atoms with Gasteiger partial charge < -0.3 is 21.1 Å². The lowest BCUT2D eigenvalue weighted by atomic mass is 10.4. The minimum absolute atomic E-state index is 0.157. The van der Waals surface area contributed by atoms with Gasteiger partial charge in [-0.2, -0.15) is 4.98 Å². The molecule has 0 radical (unpaired) electrons. The number of nitrogen functional groups attached to an aromatic ring is 1. The molecule has 0 aromatic carbocycles. The predicted molar refractivity (Wildman–Crippen MR) is 78.7 cm³/mol. The molecule has 1 aromatic rings. The molecule has 1 aliphatic carbocycles. The molecule has 110 valence electrons. The summed E-state index contributed by atoms with van der Waals surface area (Å²) in [7, 11) is 0. The molecule has 0 spiro atoms. The highest BCUT2D eigenvalue weighted by atomic mass is 16.5. The molecule has 1 amide bonds. The number of nitrogens with one attached hydrogen (secondary N) is 2. The molecule has 6 heteroatoms. The first-order valence-electron chi connectivity index (χ1n) is 7.11. The highest BCUT2D eigenvalue weighted by Crippen LogP contribution is 2.28. The van der Waals surface area contributed by atoms with Gasteiger partial charge >= 0.3 is 0 Å². The van der Waals surface area contributed by atoms with Crippen LogP contribution in [-0.4, -0.2) is 30.6 Å². The number of nitrogens with zero attached hydrogens (tertiary/aromatic N) is 1. The lowest BCUT2D eigenvalue weighted by Crippen LogP contribution is -2.29. The number of hydrogen-bond donors (Lipinski definition) is 3. The fourth-order valence-corrected chi connectivity index (χ4v) is 1.73. The summed E-state index contributed by atoms with van der Waals surface area (Å²) in [5.74, 6) is 1.56. The van der Waals surface area contributed by atoms with Crippen molar-refractivity contribution >= 4 is 17.4 Å². The van der Waals surface area contributed by atoms with Crippen molar-refractivity contribution in [1.29, 1.82) is 0 Å². The predicted octanol–water partition coefficient (Wildman–Crippen LogP) is 1.39. The molecular weight excluding hydrogens is 256 g/mol. The monoisotopic (exact) mass is 278 g/mol. The second-order valence-electron chi connectivity index (χ2n) is 4.93. The minimum Gasteiger partial charge on any atom is -0.476 e. The summed E-state index contributed by atoms with van der Waals surface area (Å²) in [6.45, 7) is 3.84. The third-order valence-corrected chi connectivity index (χ3v) is 3.01. The van der Waals surface area contributed by atoms with Crippen molar-refractivity contribution in [3.63, 3.8) is 0 Å². The molecule has 1 fully saturated rings. The zero-order chi connectivity index (χ0) is 14.4. The number of anilines is 2. The topological polar surface area (TPSA) is 89.3 Å². The van der Waals surface area contributed by atoms with Crippen molar-refractivity contribution < 1.29 is 9.53 Å². The first kappa shape index (κ1) is 14.4. The summed E-state index contributed by atoms with van der Waals surface area (Å²) in [6, 6.07) is 3.57. The molecule has 4 N–H and O–H groups in total. The van der Waals surface area contributed by atoms with Gasteiger partial charge in [0.15, 0.2) is 0 Å². The smallest absolute Gasteiger partial charge is 0.239 e. The van der Waals surface area contributed by atoms with E-state index in [-0.39, 0.29) is 11.8 Å². The Bertz CT molecular complexity index is 460. The molecule has 1 saturated carbocycles. The van der Waals surface area contributed by atoms with Crippen LogP contribution in [0, 0.1) is 5.92 Å². The number of carbonyl (C=O) groups excluding carboxylic acids is 1. The van der Waals surface area contributed by atoms with E-state index in [9.17, 15) is 4.79 Å². The number of hydrogen-bond acceptors (Lipinski definition) is 5. The summed E-state index contributed by atoms with van der Waals surface area (Å²) in [4.78, 5) is 15.7. The quantitative estimate of drug-likeness (QED) is 0.625. The average molecular weight is 278 g/mol. The van der Waals surface area contributed by atoms with Crippen molar-refractivity contribution in [2.24, 2.45) is 5.92 Å². The summed E-state index contributed by atoms with van der Waals surface area (Å²) in [6.07, 6.45) is 2.96. The summed E-state index contributed by atoms with van der Waals surface area (Å²) < 4.78 is 5.47. The van der Waals surface area contributed by atoms with E-state index in [4.69, 9.17) is 10.5 Å². The Labute approximate surface area is 119 Å². The maximum Gasteiger partial charge on any atom is 0.239 e. The third-order valence-electron chi connectivity index (χ3n) is 3.01. The molecule has 6 nitrogen and oxygen atoms in total. The number of aromatic nitrogens is 1. The van der Waals surface area contributed by atoms with Crippen LogP contribution in [0.3, 0.4) is 0 Å². The van der Waals surface area contributed by atoms with E-state index in [0.29, 0.717) is 37.1 Å². The van der Waals surface area contributed by atoms with E-state index in [1.165, 1.54) is 0 Å². The Balaban J connectivity index is 1.75. The normalized spacial score (nSPS) is 13.8. The van der Waals surface area contributed by atoms with Gasteiger partial charge in [0, 0.05) is 19.0 Å². The molecule has 0 atom stereocenters. The fourth-order valence-electron chi connectivity index (χ4n) is 1.73. The van der Waals surface area contributed by atoms with Crippen molar-refractivity contribution in [3.05, 3.63) is 12.1 Å². The molecule has 1 aliphatic rings. The van der Waals surface area contributed by atoms with Gasteiger partial charge in [0.25, 0.3) is 0 Å². The summed E-state index contributed by atoms with van der Waals surface area (Å²) in [5.41, 5.74) is 6.33. The fraction of sp³-hybridized carbons (Fsp3) is 0.571. The van der Waals surface area contributed by atoms with Crippen molar-refractivity contribution in [1.82, 2.24) is 10.3 Å².